The first kappa shape index (κ1) is 15.5. The van der Waals surface area contributed by atoms with Gasteiger partial charge in [0.1, 0.15) is 17.7 Å². The molecule has 0 aliphatic heterocycles. The van der Waals surface area contributed by atoms with Gasteiger partial charge in [-0.25, -0.2) is 13.6 Å². The van der Waals surface area contributed by atoms with E-state index in [-0.39, 0.29) is 0 Å². The highest BCUT2D eigenvalue weighted by Crippen LogP contribution is 2.08. The number of carboxylic acid groups (broad SMARTS) is 1. The lowest BCUT2D eigenvalue weighted by Gasteiger charge is -2.13. The second kappa shape index (κ2) is 6.60. The number of nitrogens with one attached hydrogen (secondary N) is 1. The predicted molar refractivity (Wildman–Crippen MR) is 61.9 cm³/mol. The van der Waals surface area contributed by atoms with Crippen LogP contribution in [0.2, 0.25) is 0 Å². The molecule has 0 saturated carbocycles. The van der Waals surface area contributed by atoms with E-state index in [0.717, 1.165) is 19.2 Å². The molecule has 0 bridgehead atoms. The van der Waals surface area contributed by atoms with Crippen LogP contribution in [-0.4, -0.2) is 36.1 Å². The number of hydrogen-bond acceptors (Lipinski definition) is 4. The fraction of sp³-hybridized carbons (Fsp3) is 0.250. The van der Waals surface area contributed by atoms with E-state index in [1.165, 1.54) is 0 Å². The van der Waals surface area contributed by atoms with Crippen LogP contribution in [0.3, 0.4) is 0 Å². The van der Waals surface area contributed by atoms with Crippen molar-refractivity contribution in [2.75, 3.05) is 7.11 Å². The molecule has 6 nitrogen and oxygen atoms in total. The molecule has 0 unspecified atom stereocenters. The summed E-state index contributed by atoms with van der Waals surface area (Å²) in [5, 5.41) is 10.8. The third kappa shape index (κ3) is 4.30. The van der Waals surface area contributed by atoms with E-state index in [1.54, 1.807) is 0 Å². The lowest BCUT2D eigenvalue weighted by Crippen LogP contribution is -2.42. The average Bonchev–Trinajstić information content (AvgIpc) is 2.36. The highest BCUT2D eigenvalue weighted by atomic mass is 19.1. The van der Waals surface area contributed by atoms with E-state index in [9.17, 15) is 23.2 Å². The summed E-state index contributed by atoms with van der Waals surface area (Å²) in [5.41, 5.74) is -0.390. The number of carboxylic acids is 1. The number of methoxy groups -OCH3 is 1. The van der Waals surface area contributed by atoms with Crippen molar-refractivity contribution in [3.63, 3.8) is 0 Å². The van der Waals surface area contributed by atoms with Crippen molar-refractivity contribution in [3.05, 3.63) is 35.4 Å². The number of amides is 1. The van der Waals surface area contributed by atoms with E-state index in [2.05, 4.69) is 4.74 Å². The Balaban J connectivity index is 2.85. The van der Waals surface area contributed by atoms with Gasteiger partial charge < -0.3 is 15.2 Å². The summed E-state index contributed by atoms with van der Waals surface area (Å²) in [5.74, 6) is -5.28. The highest BCUT2D eigenvalue weighted by Gasteiger charge is 2.24. The molecule has 108 valence electrons. The topological polar surface area (TPSA) is 92.7 Å². The molecule has 0 aromatic heterocycles. The van der Waals surface area contributed by atoms with Crippen molar-refractivity contribution >= 4 is 17.8 Å². The van der Waals surface area contributed by atoms with E-state index in [1.807, 2.05) is 5.32 Å². The van der Waals surface area contributed by atoms with Gasteiger partial charge in [0.15, 0.2) is 0 Å². The molecular weight excluding hydrogens is 276 g/mol. The molecule has 0 aliphatic carbocycles. The SMILES string of the molecule is COC(=O)C[C@H](NC(=O)c1cc(F)cc(F)c1)C(=O)O. The van der Waals surface area contributed by atoms with Gasteiger partial charge in [0.25, 0.3) is 5.91 Å². The zero-order valence-corrected chi connectivity index (χ0v) is 10.4. The van der Waals surface area contributed by atoms with Gasteiger partial charge in [0.2, 0.25) is 0 Å². The summed E-state index contributed by atoms with van der Waals surface area (Å²) >= 11 is 0. The Morgan fingerprint density at radius 2 is 1.80 bits per heavy atom. The van der Waals surface area contributed by atoms with E-state index >= 15 is 0 Å². The van der Waals surface area contributed by atoms with Crippen molar-refractivity contribution in [2.45, 2.75) is 12.5 Å². The molecule has 1 rings (SSSR count). The van der Waals surface area contributed by atoms with Gasteiger partial charge in [-0.2, -0.15) is 0 Å². The van der Waals surface area contributed by atoms with Crippen molar-refractivity contribution in [1.82, 2.24) is 5.32 Å². The number of carbonyl (C=O) groups is 3. The van der Waals surface area contributed by atoms with E-state index in [0.29, 0.717) is 6.07 Å². The molecular formula is C12H11F2NO5. The van der Waals surface area contributed by atoms with Gasteiger partial charge >= 0.3 is 11.9 Å². The van der Waals surface area contributed by atoms with Crippen LogP contribution in [-0.2, 0) is 14.3 Å². The summed E-state index contributed by atoms with van der Waals surface area (Å²) in [6.45, 7) is 0. The van der Waals surface area contributed by atoms with E-state index < -0.39 is 47.5 Å². The number of benzene rings is 1. The minimum Gasteiger partial charge on any atom is -0.480 e. The summed E-state index contributed by atoms with van der Waals surface area (Å²) in [6.07, 6.45) is -0.602. The second-order valence-corrected chi connectivity index (χ2v) is 3.80. The van der Waals surface area contributed by atoms with Gasteiger partial charge in [0, 0.05) is 11.6 Å². The van der Waals surface area contributed by atoms with Gasteiger partial charge in [-0.05, 0) is 12.1 Å². The number of aliphatic carboxylic acids is 1. The Kier molecular flexibility index (Phi) is 5.13. The van der Waals surface area contributed by atoms with Crippen LogP contribution >= 0.6 is 0 Å². The van der Waals surface area contributed by atoms with Crippen LogP contribution in [0.4, 0.5) is 8.78 Å². The Morgan fingerprint density at radius 1 is 1.25 bits per heavy atom. The van der Waals surface area contributed by atoms with Crippen molar-refractivity contribution in [3.8, 4) is 0 Å². The standard InChI is InChI=1S/C12H11F2NO5/c1-20-10(16)5-9(12(18)19)15-11(17)6-2-7(13)4-8(14)3-6/h2-4,9H,5H2,1H3,(H,15,17)(H,18,19)/t9-/m0/s1. The fourth-order valence-corrected chi connectivity index (χ4v) is 1.38. The van der Waals surface area contributed by atoms with Crippen LogP contribution < -0.4 is 5.32 Å². The smallest absolute Gasteiger partial charge is 0.326 e. The Hall–Kier alpha value is -2.51. The van der Waals surface area contributed by atoms with Crippen molar-refractivity contribution < 1.29 is 33.0 Å². The molecule has 0 heterocycles. The Labute approximate surface area is 112 Å². The van der Waals surface area contributed by atoms with Crippen molar-refractivity contribution in [1.29, 1.82) is 0 Å². The van der Waals surface area contributed by atoms with Gasteiger partial charge in [0.05, 0.1) is 13.5 Å². The Bertz CT molecular complexity index is 526. The molecule has 1 aromatic rings. The van der Waals surface area contributed by atoms with Crippen molar-refractivity contribution in [2.24, 2.45) is 0 Å². The molecule has 0 saturated heterocycles. The maximum Gasteiger partial charge on any atom is 0.326 e. The Morgan fingerprint density at radius 3 is 2.25 bits per heavy atom. The fourth-order valence-electron chi connectivity index (χ4n) is 1.38. The molecule has 1 atom stereocenters. The molecule has 8 heteroatoms. The first-order chi connectivity index (χ1) is 9.33. The quantitative estimate of drug-likeness (QED) is 0.778. The maximum absolute atomic E-state index is 12.9. The number of halogens is 2. The lowest BCUT2D eigenvalue weighted by atomic mass is 10.1. The number of hydrogen-bond donors (Lipinski definition) is 2. The van der Waals surface area contributed by atoms with Crippen LogP contribution in [0.25, 0.3) is 0 Å². The van der Waals surface area contributed by atoms with Crippen LogP contribution in [0, 0.1) is 11.6 Å². The third-order valence-corrected chi connectivity index (χ3v) is 2.33. The van der Waals surface area contributed by atoms with Crippen LogP contribution in [0.1, 0.15) is 16.8 Å². The first-order valence-corrected chi connectivity index (χ1v) is 5.40. The summed E-state index contributed by atoms with van der Waals surface area (Å²) in [4.78, 5) is 33.6. The monoisotopic (exact) mass is 287 g/mol. The molecule has 1 aromatic carbocycles. The minimum absolute atomic E-state index is 0.390. The van der Waals surface area contributed by atoms with Crippen LogP contribution in [0.15, 0.2) is 18.2 Å². The third-order valence-electron chi connectivity index (χ3n) is 2.33. The lowest BCUT2D eigenvalue weighted by molar-refractivity contribution is -0.147. The molecule has 0 spiro atoms. The first-order valence-electron chi connectivity index (χ1n) is 5.40. The summed E-state index contributed by atoms with van der Waals surface area (Å²) in [6, 6.07) is 0.506. The second-order valence-electron chi connectivity index (χ2n) is 3.80. The predicted octanol–water partition coefficient (Wildman–Crippen LogP) is 0.711. The molecule has 0 fully saturated rings. The maximum atomic E-state index is 12.9. The normalized spacial score (nSPS) is 11.6. The summed E-state index contributed by atoms with van der Waals surface area (Å²) < 4.78 is 30.2. The molecule has 20 heavy (non-hydrogen) atoms. The zero-order chi connectivity index (χ0) is 15.3. The number of carbonyl (C=O) groups excluding carboxylic acids is 2. The molecule has 0 radical (unpaired) electrons. The van der Waals surface area contributed by atoms with Gasteiger partial charge in [-0.15, -0.1) is 0 Å². The minimum atomic E-state index is -1.55. The van der Waals surface area contributed by atoms with E-state index in [4.69, 9.17) is 5.11 Å². The molecule has 2 N–H and O–H groups in total. The number of rotatable bonds is 5. The number of esters is 1. The van der Waals surface area contributed by atoms with Gasteiger partial charge in [-0.1, -0.05) is 0 Å². The van der Waals surface area contributed by atoms with Gasteiger partial charge in [-0.3, -0.25) is 9.59 Å². The molecule has 1 amide bonds. The van der Waals surface area contributed by atoms with Crippen LogP contribution in [0.5, 0.6) is 0 Å². The average molecular weight is 287 g/mol. The largest absolute Gasteiger partial charge is 0.480 e. The highest BCUT2D eigenvalue weighted by molar-refractivity contribution is 5.97. The number of ether oxygens (including phenoxy) is 1. The molecule has 0 aliphatic rings. The zero-order valence-electron chi connectivity index (χ0n) is 10.4. The summed E-state index contributed by atoms with van der Waals surface area (Å²) in [7, 11) is 1.06.